The normalized spacial score (nSPS) is 15.3. The summed E-state index contributed by atoms with van der Waals surface area (Å²) in [6.07, 6.45) is -1.99. The molecule has 8 nitrogen and oxygen atoms in total. The van der Waals surface area contributed by atoms with E-state index >= 15 is 0 Å². The first-order valence-corrected chi connectivity index (χ1v) is 9.19. The van der Waals surface area contributed by atoms with Crippen LogP contribution in [0.15, 0.2) is 29.2 Å². The van der Waals surface area contributed by atoms with Crippen molar-refractivity contribution in [3.05, 3.63) is 46.0 Å². The monoisotopic (exact) mass is 418 g/mol. The van der Waals surface area contributed by atoms with Gasteiger partial charge in [0.2, 0.25) is 5.95 Å². The summed E-state index contributed by atoms with van der Waals surface area (Å²) in [6.45, 7) is 1.04. The maximum atomic E-state index is 13.4. The van der Waals surface area contributed by atoms with Crippen LogP contribution in [0.3, 0.4) is 0 Å². The van der Waals surface area contributed by atoms with Gasteiger partial charge in [0.25, 0.3) is 0 Å². The predicted molar refractivity (Wildman–Crippen MR) is 101 cm³/mol. The summed E-state index contributed by atoms with van der Waals surface area (Å²) in [5, 5.41) is 11.5. The van der Waals surface area contributed by atoms with Crippen LogP contribution in [-0.2, 0) is 18.0 Å². The molecule has 2 aromatic heterocycles. The maximum Gasteiger partial charge on any atom is 0.418 e. The van der Waals surface area contributed by atoms with Gasteiger partial charge in [-0.1, -0.05) is 0 Å². The predicted octanol–water partition coefficient (Wildman–Crippen LogP) is 3.12. The molecule has 0 spiro atoms. The topological polar surface area (TPSA) is 97.8 Å². The van der Waals surface area contributed by atoms with Crippen molar-refractivity contribution >= 4 is 22.8 Å². The van der Waals surface area contributed by atoms with Gasteiger partial charge < -0.3 is 10.1 Å². The number of imidazole rings is 1. The molecule has 1 saturated heterocycles. The SMILES string of the molecule is Cn1c(=O)n(C2CCOCC2)c2nc(Nc3ccc(C#N)cc3C(F)(F)F)ncc21. The lowest BCUT2D eigenvalue weighted by Crippen LogP contribution is -2.30. The van der Waals surface area contributed by atoms with Gasteiger partial charge in [0, 0.05) is 26.3 Å². The van der Waals surface area contributed by atoms with Gasteiger partial charge in [0.05, 0.1) is 29.1 Å². The van der Waals surface area contributed by atoms with E-state index in [0.29, 0.717) is 37.2 Å². The second-order valence-electron chi connectivity index (χ2n) is 6.95. The second-order valence-corrected chi connectivity index (χ2v) is 6.95. The summed E-state index contributed by atoms with van der Waals surface area (Å²) in [7, 11) is 1.60. The molecular formula is C19H17F3N6O2. The molecule has 0 saturated carbocycles. The number of aromatic nitrogens is 4. The lowest BCUT2D eigenvalue weighted by atomic mass is 10.1. The maximum absolute atomic E-state index is 13.4. The van der Waals surface area contributed by atoms with Crippen molar-refractivity contribution in [3.8, 4) is 6.07 Å². The van der Waals surface area contributed by atoms with Crippen LogP contribution in [0.1, 0.15) is 30.0 Å². The Balaban J connectivity index is 1.78. The number of nitriles is 1. The van der Waals surface area contributed by atoms with Gasteiger partial charge in [0.15, 0.2) is 5.65 Å². The Hall–Kier alpha value is -3.39. The third-order valence-corrected chi connectivity index (χ3v) is 5.09. The van der Waals surface area contributed by atoms with E-state index < -0.39 is 11.7 Å². The third-order valence-electron chi connectivity index (χ3n) is 5.09. The average molecular weight is 418 g/mol. The third kappa shape index (κ3) is 3.50. The first kappa shape index (κ1) is 19.9. The molecule has 3 aromatic rings. The number of nitrogens with one attached hydrogen (secondary N) is 1. The summed E-state index contributed by atoms with van der Waals surface area (Å²) >= 11 is 0. The van der Waals surface area contributed by atoms with E-state index in [9.17, 15) is 18.0 Å². The van der Waals surface area contributed by atoms with Crippen LogP contribution in [0.25, 0.3) is 11.2 Å². The Morgan fingerprint density at radius 1 is 1.30 bits per heavy atom. The first-order valence-electron chi connectivity index (χ1n) is 9.19. The van der Waals surface area contributed by atoms with Gasteiger partial charge in [-0.15, -0.1) is 0 Å². The molecular weight excluding hydrogens is 401 g/mol. The number of hydrogen-bond donors (Lipinski definition) is 1. The summed E-state index contributed by atoms with van der Waals surface area (Å²) in [4.78, 5) is 21.1. The van der Waals surface area contributed by atoms with Crippen LogP contribution < -0.4 is 11.0 Å². The number of hydrogen-bond acceptors (Lipinski definition) is 6. The molecule has 4 rings (SSSR count). The van der Waals surface area contributed by atoms with Crippen molar-refractivity contribution < 1.29 is 17.9 Å². The van der Waals surface area contributed by atoms with Crippen molar-refractivity contribution in [2.24, 2.45) is 7.05 Å². The number of rotatable bonds is 3. The highest BCUT2D eigenvalue weighted by molar-refractivity contribution is 5.73. The summed E-state index contributed by atoms with van der Waals surface area (Å²) in [6, 6.07) is 4.78. The molecule has 30 heavy (non-hydrogen) atoms. The molecule has 1 aromatic carbocycles. The molecule has 0 atom stereocenters. The van der Waals surface area contributed by atoms with E-state index in [2.05, 4.69) is 15.3 Å². The van der Waals surface area contributed by atoms with Crippen LogP contribution in [0.4, 0.5) is 24.8 Å². The highest BCUT2D eigenvalue weighted by Crippen LogP contribution is 2.36. The lowest BCUT2D eigenvalue weighted by molar-refractivity contribution is -0.136. The van der Waals surface area contributed by atoms with E-state index in [0.717, 1.165) is 12.1 Å². The van der Waals surface area contributed by atoms with Gasteiger partial charge in [-0.05, 0) is 31.0 Å². The minimum atomic E-state index is -4.67. The standard InChI is InChI=1S/C19H17F3N6O2/c1-27-15-10-24-17(25-14-3-2-11(9-23)8-13(14)19(20,21)22)26-16(15)28(18(27)29)12-4-6-30-7-5-12/h2-3,8,10,12H,4-7H2,1H3,(H,24,25,26). The minimum absolute atomic E-state index is 0.0795. The van der Waals surface area contributed by atoms with Crippen LogP contribution >= 0.6 is 0 Å². The number of alkyl halides is 3. The largest absolute Gasteiger partial charge is 0.418 e. The van der Waals surface area contributed by atoms with Crippen molar-refractivity contribution in [3.63, 3.8) is 0 Å². The highest BCUT2D eigenvalue weighted by atomic mass is 19.4. The average Bonchev–Trinajstić information content (AvgIpc) is 2.98. The number of benzene rings is 1. The molecule has 11 heteroatoms. The molecule has 0 aliphatic carbocycles. The van der Waals surface area contributed by atoms with Gasteiger partial charge >= 0.3 is 11.9 Å². The molecule has 0 radical (unpaired) electrons. The van der Waals surface area contributed by atoms with Gasteiger partial charge in [-0.3, -0.25) is 9.13 Å². The number of halogens is 3. The van der Waals surface area contributed by atoms with E-state index in [1.54, 1.807) is 17.7 Å². The fourth-order valence-corrected chi connectivity index (χ4v) is 3.55. The number of anilines is 2. The molecule has 1 aliphatic heterocycles. The van der Waals surface area contributed by atoms with Gasteiger partial charge in [0.1, 0.15) is 5.52 Å². The second kappa shape index (κ2) is 7.46. The smallest absolute Gasteiger partial charge is 0.381 e. The molecule has 0 bridgehead atoms. The molecule has 0 amide bonds. The summed E-state index contributed by atoms with van der Waals surface area (Å²) < 4.78 is 48.6. The zero-order chi connectivity index (χ0) is 21.5. The Kier molecular flexibility index (Phi) is 4.95. The van der Waals surface area contributed by atoms with Crippen LogP contribution in [0.5, 0.6) is 0 Å². The van der Waals surface area contributed by atoms with E-state index in [1.807, 2.05) is 0 Å². The van der Waals surface area contributed by atoms with E-state index in [1.165, 1.54) is 16.8 Å². The number of fused-ring (bicyclic) bond motifs is 1. The van der Waals surface area contributed by atoms with E-state index in [4.69, 9.17) is 10.00 Å². The molecule has 0 unspecified atom stereocenters. The number of nitrogens with zero attached hydrogens (tertiary/aromatic N) is 5. The first-order chi connectivity index (χ1) is 14.3. The van der Waals surface area contributed by atoms with Crippen molar-refractivity contribution in [1.29, 1.82) is 5.26 Å². The Labute approximate surface area is 168 Å². The van der Waals surface area contributed by atoms with Gasteiger partial charge in [-0.2, -0.15) is 23.4 Å². The van der Waals surface area contributed by atoms with Crippen LogP contribution in [-0.4, -0.2) is 32.3 Å². The molecule has 1 fully saturated rings. The fourth-order valence-electron chi connectivity index (χ4n) is 3.55. The van der Waals surface area contributed by atoms with Crippen molar-refractivity contribution in [2.75, 3.05) is 18.5 Å². The van der Waals surface area contributed by atoms with Gasteiger partial charge in [-0.25, -0.2) is 9.78 Å². The zero-order valence-electron chi connectivity index (χ0n) is 15.9. The van der Waals surface area contributed by atoms with Crippen LogP contribution in [0.2, 0.25) is 0 Å². The molecule has 156 valence electrons. The minimum Gasteiger partial charge on any atom is -0.381 e. The molecule has 3 heterocycles. The zero-order valence-corrected chi connectivity index (χ0v) is 15.9. The van der Waals surface area contributed by atoms with Crippen molar-refractivity contribution in [2.45, 2.75) is 25.1 Å². The lowest BCUT2D eigenvalue weighted by Gasteiger charge is -2.22. The Morgan fingerprint density at radius 2 is 2.03 bits per heavy atom. The Morgan fingerprint density at radius 3 is 2.70 bits per heavy atom. The van der Waals surface area contributed by atoms with E-state index in [-0.39, 0.29) is 28.9 Å². The molecule has 1 aliphatic rings. The number of aryl methyl sites for hydroxylation is 1. The quantitative estimate of drug-likeness (QED) is 0.702. The molecule has 1 N–H and O–H groups in total. The Bertz CT molecular complexity index is 1200. The summed E-state index contributed by atoms with van der Waals surface area (Å²) in [5.41, 5.74) is -0.836. The number of ether oxygens (including phenoxy) is 1. The highest BCUT2D eigenvalue weighted by Gasteiger charge is 2.34. The summed E-state index contributed by atoms with van der Waals surface area (Å²) in [5.74, 6) is -0.0795. The van der Waals surface area contributed by atoms with Crippen LogP contribution in [0, 0.1) is 11.3 Å². The fraction of sp³-hybridized carbons (Fsp3) is 0.368. The van der Waals surface area contributed by atoms with Crippen molar-refractivity contribution in [1.82, 2.24) is 19.1 Å².